The summed E-state index contributed by atoms with van der Waals surface area (Å²) in [7, 11) is 0. The molecule has 0 saturated heterocycles. The zero-order chi connectivity index (χ0) is 37.3. The van der Waals surface area contributed by atoms with Crippen molar-refractivity contribution in [2.45, 2.75) is 69.6 Å². The van der Waals surface area contributed by atoms with Crippen LogP contribution in [0, 0.1) is 0 Å². The van der Waals surface area contributed by atoms with Gasteiger partial charge in [0, 0.05) is 47.8 Å². The van der Waals surface area contributed by atoms with E-state index in [4.69, 9.17) is 5.73 Å². The minimum atomic E-state index is -0.972. The molecule has 4 aromatic carbocycles. The molecule has 6 rings (SSSR count). The van der Waals surface area contributed by atoms with Gasteiger partial charge in [-0.15, -0.1) is 0 Å². The first kappa shape index (κ1) is 37.3. The second-order valence-electron chi connectivity index (χ2n) is 13.8. The Morgan fingerprint density at radius 1 is 0.887 bits per heavy atom. The number of aliphatic hydroxyl groups excluding tert-OH is 1. The number of rotatable bonds is 14. The monoisotopic (exact) mass is 717 g/mol. The fourth-order valence-corrected chi connectivity index (χ4v) is 7.17. The first-order chi connectivity index (χ1) is 25.7. The van der Waals surface area contributed by atoms with Crippen molar-refractivity contribution in [3.05, 3.63) is 124 Å². The number of aliphatic hydroxyl groups is 1. The molecule has 5 aromatic rings. The number of aromatic hydroxyl groups is 1. The number of carbonyl (C=O) groups excluding carboxylic acids is 1. The number of nitrogens with two attached hydrogens (primary N) is 1. The van der Waals surface area contributed by atoms with Gasteiger partial charge in [0.05, 0.1) is 17.3 Å². The summed E-state index contributed by atoms with van der Waals surface area (Å²) < 4.78 is 0. The Morgan fingerprint density at radius 3 is 2.36 bits per heavy atom. The molecular weight excluding hydrogens is 670 g/mol. The second-order valence-corrected chi connectivity index (χ2v) is 13.8. The Bertz CT molecular complexity index is 2080. The average Bonchev–Trinajstić information content (AvgIpc) is 3.15. The molecular formula is C42H47N5O6. The fourth-order valence-electron chi connectivity index (χ4n) is 7.17. The molecule has 1 heterocycles. The number of aromatic amines is 1. The molecule has 0 aliphatic heterocycles. The number of nitrogens with zero attached hydrogens (tertiary/aromatic N) is 1. The van der Waals surface area contributed by atoms with Crippen LogP contribution in [0.4, 0.5) is 16.2 Å². The summed E-state index contributed by atoms with van der Waals surface area (Å²) in [5, 5.41) is 38.1. The number of phenolic OH excluding ortho intramolecular Hbond substituents is 1. The highest BCUT2D eigenvalue weighted by Gasteiger charge is 2.30. The Kier molecular flexibility index (Phi) is 12.2. The topological polar surface area (TPSA) is 181 Å². The summed E-state index contributed by atoms with van der Waals surface area (Å²) in [5.74, 6) is -0.141. The molecule has 1 saturated carbocycles. The van der Waals surface area contributed by atoms with Gasteiger partial charge in [0.1, 0.15) is 5.75 Å². The lowest BCUT2D eigenvalue weighted by Crippen LogP contribution is -2.44. The van der Waals surface area contributed by atoms with E-state index in [9.17, 15) is 29.7 Å². The third-order valence-corrected chi connectivity index (χ3v) is 10.0. The van der Waals surface area contributed by atoms with E-state index in [-0.39, 0.29) is 29.3 Å². The van der Waals surface area contributed by atoms with E-state index >= 15 is 0 Å². The third kappa shape index (κ3) is 9.50. The number of phenols is 1. The number of hydrogen-bond donors (Lipinski definition) is 7. The molecule has 53 heavy (non-hydrogen) atoms. The Balaban J connectivity index is 0.992. The molecule has 8 N–H and O–H groups in total. The van der Waals surface area contributed by atoms with Gasteiger partial charge in [-0.3, -0.25) is 14.5 Å². The van der Waals surface area contributed by atoms with E-state index in [1.807, 2.05) is 72.8 Å². The van der Waals surface area contributed by atoms with Crippen LogP contribution in [0.2, 0.25) is 0 Å². The lowest BCUT2D eigenvalue weighted by Gasteiger charge is -2.35. The van der Waals surface area contributed by atoms with Crippen molar-refractivity contribution in [3.8, 4) is 16.9 Å². The molecule has 0 spiro atoms. The average molecular weight is 718 g/mol. The van der Waals surface area contributed by atoms with E-state index < -0.39 is 12.2 Å². The molecule has 1 aliphatic rings. The van der Waals surface area contributed by atoms with Crippen LogP contribution in [0.1, 0.15) is 61.3 Å². The smallest absolute Gasteiger partial charge is 0.412 e. The van der Waals surface area contributed by atoms with Crippen molar-refractivity contribution < 1.29 is 24.9 Å². The first-order valence-electron chi connectivity index (χ1n) is 18.2. The molecule has 2 amide bonds. The van der Waals surface area contributed by atoms with Crippen LogP contribution in [0.3, 0.4) is 0 Å². The van der Waals surface area contributed by atoms with Gasteiger partial charge in [-0.25, -0.2) is 4.79 Å². The number of aryl methyl sites for hydroxylation is 1. The van der Waals surface area contributed by atoms with Crippen LogP contribution >= 0.6 is 0 Å². The van der Waals surface area contributed by atoms with Crippen LogP contribution in [0.15, 0.2) is 102 Å². The first-order valence-corrected chi connectivity index (χ1v) is 18.2. The van der Waals surface area contributed by atoms with Crippen molar-refractivity contribution in [2.75, 3.05) is 23.3 Å². The van der Waals surface area contributed by atoms with Crippen LogP contribution < -0.4 is 26.8 Å². The van der Waals surface area contributed by atoms with Crippen LogP contribution in [-0.2, 0) is 17.6 Å². The Labute approximate surface area is 308 Å². The maximum atomic E-state index is 12.9. The predicted molar refractivity (Wildman–Crippen MR) is 208 cm³/mol. The second kappa shape index (κ2) is 17.4. The van der Waals surface area contributed by atoms with Gasteiger partial charge in [0.15, 0.2) is 0 Å². The summed E-state index contributed by atoms with van der Waals surface area (Å²) in [6.45, 7) is 0.905. The Hall–Kier alpha value is -5.49. The number of nitrogens with one attached hydrogen (secondary N) is 3. The highest BCUT2D eigenvalue weighted by atomic mass is 16.4. The number of benzene rings is 4. The molecule has 0 unspecified atom stereocenters. The number of carbonyl (C=O) groups is 2. The van der Waals surface area contributed by atoms with E-state index in [1.165, 1.54) is 17.0 Å². The Morgan fingerprint density at radius 2 is 1.62 bits per heavy atom. The number of aromatic nitrogens is 1. The van der Waals surface area contributed by atoms with Crippen molar-refractivity contribution in [2.24, 2.45) is 5.73 Å². The lowest BCUT2D eigenvalue weighted by molar-refractivity contribution is -0.116. The van der Waals surface area contributed by atoms with Crippen molar-refractivity contribution >= 4 is 34.3 Å². The van der Waals surface area contributed by atoms with Crippen LogP contribution in [0.5, 0.6) is 5.75 Å². The van der Waals surface area contributed by atoms with Gasteiger partial charge in [0.25, 0.3) is 0 Å². The largest absolute Gasteiger partial charge is 0.506 e. The number of carboxylic acid groups (broad SMARTS) is 1. The van der Waals surface area contributed by atoms with Crippen molar-refractivity contribution in [3.63, 3.8) is 0 Å². The van der Waals surface area contributed by atoms with E-state index in [0.717, 1.165) is 47.9 Å². The number of hydrogen-bond acceptors (Lipinski definition) is 7. The van der Waals surface area contributed by atoms with Gasteiger partial charge >= 0.3 is 6.09 Å². The number of amides is 2. The normalized spacial score (nSPS) is 16.3. The minimum Gasteiger partial charge on any atom is -0.506 e. The molecule has 1 atom stereocenters. The van der Waals surface area contributed by atoms with E-state index in [0.29, 0.717) is 66.6 Å². The third-order valence-electron chi connectivity index (χ3n) is 10.0. The molecule has 11 heteroatoms. The summed E-state index contributed by atoms with van der Waals surface area (Å²) in [6, 6.07) is 29.5. The summed E-state index contributed by atoms with van der Waals surface area (Å²) in [5.41, 5.74) is 12.0. The zero-order valence-corrected chi connectivity index (χ0v) is 29.6. The maximum Gasteiger partial charge on any atom is 0.412 e. The van der Waals surface area contributed by atoms with Gasteiger partial charge in [0.2, 0.25) is 11.5 Å². The van der Waals surface area contributed by atoms with Crippen molar-refractivity contribution in [1.29, 1.82) is 0 Å². The quantitative estimate of drug-likeness (QED) is 0.0637. The van der Waals surface area contributed by atoms with E-state index in [1.54, 1.807) is 12.1 Å². The minimum absolute atomic E-state index is 0.0489. The molecule has 276 valence electrons. The summed E-state index contributed by atoms with van der Waals surface area (Å²) >= 11 is 0. The standard InChI is InChI=1S/C42H47N5O6/c43-30-12-16-32(17-13-30)47(42(52)53)36-25-28(11-18-33(36)29-6-2-1-3-7-29)5-4-8-39(50)45-31-14-9-27(10-15-31)23-24-44-26-38(49)34-19-21-37(48)41-35(34)20-22-40(51)46-41/h1-3,6-7,9-11,14-15,18-22,25,30,32,38,44,48-49H,4-5,8,12-13,16-17,23-24,26,43H2,(H,45,50)(H,46,51)(H,52,53)/t30-,32-,38-/m0/s1. The van der Waals surface area contributed by atoms with Crippen molar-refractivity contribution in [1.82, 2.24) is 10.3 Å². The summed E-state index contributed by atoms with van der Waals surface area (Å²) in [4.78, 5) is 41.4. The highest BCUT2D eigenvalue weighted by Crippen LogP contribution is 2.36. The molecule has 11 nitrogen and oxygen atoms in total. The molecule has 1 aliphatic carbocycles. The lowest BCUT2D eigenvalue weighted by atomic mass is 9.89. The van der Waals surface area contributed by atoms with Gasteiger partial charge < -0.3 is 36.7 Å². The highest BCUT2D eigenvalue weighted by molar-refractivity contribution is 5.94. The fraction of sp³-hybridized carbons (Fsp3) is 0.310. The van der Waals surface area contributed by atoms with Gasteiger partial charge in [-0.1, -0.05) is 60.7 Å². The maximum absolute atomic E-state index is 12.9. The van der Waals surface area contributed by atoms with E-state index in [2.05, 4.69) is 15.6 Å². The SMILES string of the molecule is N[C@H]1CC[C@H](N(C(=O)O)c2cc(CCCC(=O)Nc3ccc(CCNC[C@H](O)c4ccc(O)c5[nH]c(=O)ccc45)cc3)ccc2-c2ccccc2)CC1. The number of fused-ring (bicyclic) bond motifs is 1. The molecule has 0 radical (unpaired) electrons. The molecule has 0 bridgehead atoms. The molecule has 1 aromatic heterocycles. The zero-order valence-electron chi connectivity index (χ0n) is 29.6. The molecule has 1 fully saturated rings. The van der Waals surface area contributed by atoms with Gasteiger partial charge in [-0.2, -0.15) is 0 Å². The predicted octanol–water partition coefficient (Wildman–Crippen LogP) is 6.48. The number of anilines is 2. The van der Waals surface area contributed by atoms with Crippen LogP contribution in [-0.4, -0.2) is 57.5 Å². The summed E-state index contributed by atoms with van der Waals surface area (Å²) in [6.07, 6.45) is 3.49. The van der Waals surface area contributed by atoms with Crippen LogP contribution in [0.25, 0.3) is 22.0 Å². The van der Waals surface area contributed by atoms with Gasteiger partial charge in [-0.05, 0) is 104 Å². The number of H-pyrrole nitrogens is 1. The number of pyridine rings is 1.